The summed E-state index contributed by atoms with van der Waals surface area (Å²) >= 11 is 0. The molecule has 0 radical (unpaired) electrons. The van der Waals surface area contributed by atoms with E-state index in [-0.39, 0.29) is 0 Å². The van der Waals surface area contributed by atoms with Crippen molar-refractivity contribution in [3.05, 3.63) is 0 Å². The molecule has 7 heteroatoms. The van der Waals surface area contributed by atoms with E-state index in [1.165, 1.54) is 0 Å². The minimum absolute atomic E-state index is 0.598. The van der Waals surface area contributed by atoms with E-state index in [2.05, 4.69) is 4.74 Å². The molecule has 1 rings (SSSR count). The molecule has 5 atom stereocenters. The van der Waals surface area contributed by atoms with E-state index in [9.17, 15) is 25.2 Å². The third-order valence-corrected chi connectivity index (χ3v) is 2.67. The summed E-state index contributed by atoms with van der Waals surface area (Å²) in [7, 11) is 1.10. The minimum Gasteiger partial charge on any atom is -0.479 e. The third kappa shape index (κ3) is 1.84. The highest BCUT2D eigenvalue weighted by Crippen LogP contribution is 2.31. The van der Waals surface area contributed by atoms with Crippen LogP contribution in [0.1, 0.15) is 6.42 Å². The molecule has 88 valence electrons. The van der Waals surface area contributed by atoms with Gasteiger partial charge in [-0.15, -0.1) is 0 Å². The van der Waals surface area contributed by atoms with Crippen LogP contribution >= 0.6 is 0 Å². The minimum atomic E-state index is -2.40. The maximum absolute atomic E-state index is 10.8. The quantitative estimate of drug-likeness (QED) is 0.344. The Bertz CT molecular complexity index is 255. The van der Waals surface area contributed by atoms with Gasteiger partial charge in [-0.3, -0.25) is 0 Å². The summed E-state index contributed by atoms with van der Waals surface area (Å²) in [4.78, 5) is 10.8. The third-order valence-electron chi connectivity index (χ3n) is 2.67. The number of hydrogen-bond acceptors (Lipinski definition) is 6. The summed E-state index contributed by atoms with van der Waals surface area (Å²) in [6.07, 6.45) is -6.77. The van der Waals surface area contributed by atoms with Crippen LogP contribution in [-0.2, 0) is 9.53 Å². The first-order valence-electron chi connectivity index (χ1n) is 4.37. The van der Waals surface area contributed by atoms with Gasteiger partial charge in [0.25, 0.3) is 0 Å². The number of methoxy groups -OCH3 is 1. The highest BCUT2D eigenvalue weighted by molar-refractivity contribution is 5.78. The van der Waals surface area contributed by atoms with Crippen LogP contribution in [0.4, 0.5) is 0 Å². The molecule has 1 fully saturated rings. The van der Waals surface area contributed by atoms with E-state index in [1.807, 2.05) is 0 Å². The molecule has 7 nitrogen and oxygen atoms in total. The summed E-state index contributed by atoms with van der Waals surface area (Å²) in [5.41, 5.74) is -2.40. The van der Waals surface area contributed by atoms with E-state index in [1.54, 1.807) is 0 Å². The van der Waals surface area contributed by atoms with Gasteiger partial charge in [0, 0.05) is 13.5 Å². The molecular weight excluding hydrogens is 208 g/mol. The van der Waals surface area contributed by atoms with Gasteiger partial charge in [-0.25, -0.2) is 4.79 Å². The second-order valence-corrected chi connectivity index (χ2v) is 3.64. The zero-order valence-electron chi connectivity index (χ0n) is 8.07. The summed E-state index contributed by atoms with van der Waals surface area (Å²) in [5, 5.41) is 46.5. The predicted octanol–water partition coefficient (Wildman–Crippen LogP) is -2.70. The van der Waals surface area contributed by atoms with Gasteiger partial charge in [-0.2, -0.15) is 0 Å². The molecule has 0 heterocycles. The van der Waals surface area contributed by atoms with Gasteiger partial charge in [-0.1, -0.05) is 0 Å². The Morgan fingerprint density at radius 3 is 2.27 bits per heavy atom. The molecule has 0 saturated heterocycles. The van der Waals surface area contributed by atoms with Crippen molar-refractivity contribution in [2.24, 2.45) is 0 Å². The van der Waals surface area contributed by atoms with Crippen molar-refractivity contribution < 1.29 is 35.1 Å². The standard InChI is InChI=1S/C8H14O7/c1-15-6-5(11)4(10)3(9)2-8(6,14)7(12)13/h3-6,9-11,14H,2H2,1H3,(H,12,13)/t3-,4?,5+,6?,8?/m1/s1. The van der Waals surface area contributed by atoms with Crippen LogP contribution < -0.4 is 0 Å². The van der Waals surface area contributed by atoms with Gasteiger partial charge in [-0.05, 0) is 0 Å². The fraction of sp³-hybridized carbons (Fsp3) is 0.875. The fourth-order valence-electron chi connectivity index (χ4n) is 1.79. The van der Waals surface area contributed by atoms with Crippen molar-refractivity contribution in [3.63, 3.8) is 0 Å². The van der Waals surface area contributed by atoms with Crippen LogP contribution in [-0.4, -0.2) is 68.6 Å². The van der Waals surface area contributed by atoms with Crippen molar-refractivity contribution in [3.8, 4) is 0 Å². The Kier molecular flexibility index (Phi) is 3.31. The Morgan fingerprint density at radius 2 is 1.87 bits per heavy atom. The molecule has 0 spiro atoms. The van der Waals surface area contributed by atoms with Gasteiger partial charge >= 0.3 is 5.97 Å². The van der Waals surface area contributed by atoms with Gasteiger partial charge in [0.2, 0.25) is 0 Å². The molecule has 5 N–H and O–H groups in total. The molecule has 1 aliphatic carbocycles. The van der Waals surface area contributed by atoms with Crippen LogP contribution in [0.15, 0.2) is 0 Å². The van der Waals surface area contributed by atoms with Crippen molar-refractivity contribution in [2.75, 3.05) is 7.11 Å². The van der Waals surface area contributed by atoms with E-state index in [0.29, 0.717) is 0 Å². The van der Waals surface area contributed by atoms with Gasteiger partial charge in [0.15, 0.2) is 5.60 Å². The number of carbonyl (C=O) groups is 1. The van der Waals surface area contributed by atoms with Gasteiger partial charge < -0.3 is 30.3 Å². The highest BCUT2D eigenvalue weighted by Gasteiger charge is 2.56. The van der Waals surface area contributed by atoms with E-state index >= 15 is 0 Å². The van der Waals surface area contributed by atoms with Gasteiger partial charge in [0.1, 0.15) is 18.3 Å². The van der Waals surface area contributed by atoms with Crippen molar-refractivity contribution in [2.45, 2.75) is 36.4 Å². The summed E-state index contributed by atoms with van der Waals surface area (Å²) < 4.78 is 4.65. The average molecular weight is 222 g/mol. The number of carboxylic acid groups (broad SMARTS) is 1. The van der Waals surface area contributed by atoms with Crippen LogP contribution in [0, 0.1) is 0 Å². The van der Waals surface area contributed by atoms with E-state index in [0.717, 1.165) is 7.11 Å². The molecule has 3 unspecified atom stereocenters. The molecular formula is C8H14O7. The topological polar surface area (TPSA) is 127 Å². The first-order chi connectivity index (χ1) is 6.84. The summed E-state index contributed by atoms with van der Waals surface area (Å²) in [6.45, 7) is 0. The number of aliphatic carboxylic acids is 1. The largest absolute Gasteiger partial charge is 0.479 e. The predicted molar refractivity (Wildman–Crippen MR) is 46.0 cm³/mol. The fourth-order valence-corrected chi connectivity index (χ4v) is 1.79. The van der Waals surface area contributed by atoms with Crippen molar-refractivity contribution in [1.29, 1.82) is 0 Å². The number of ether oxygens (including phenoxy) is 1. The Hall–Kier alpha value is -0.730. The molecule has 0 aromatic heterocycles. The van der Waals surface area contributed by atoms with Crippen LogP contribution in [0.25, 0.3) is 0 Å². The Balaban J connectivity index is 3.02. The Labute approximate surface area is 85.5 Å². The maximum atomic E-state index is 10.8. The lowest BCUT2D eigenvalue weighted by molar-refractivity contribution is -0.233. The van der Waals surface area contributed by atoms with E-state index in [4.69, 9.17) is 5.11 Å². The first kappa shape index (κ1) is 12.3. The number of aliphatic hydroxyl groups is 4. The zero-order chi connectivity index (χ0) is 11.8. The van der Waals surface area contributed by atoms with Crippen LogP contribution in [0.3, 0.4) is 0 Å². The molecule has 1 saturated carbocycles. The van der Waals surface area contributed by atoms with Crippen molar-refractivity contribution >= 4 is 5.97 Å². The van der Waals surface area contributed by atoms with Gasteiger partial charge in [0.05, 0.1) is 6.10 Å². The molecule has 0 bridgehead atoms. The smallest absolute Gasteiger partial charge is 0.338 e. The lowest BCUT2D eigenvalue weighted by Crippen LogP contribution is -2.66. The molecule has 0 aliphatic heterocycles. The number of aliphatic hydroxyl groups excluding tert-OH is 3. The first-order valence-corrected chi connectivity index (χ1v) is 4.37. The van der Waals surface area contributed by atoms with Crippen LogP contribution in [0.5, 0.6) is 0 Å². The molecule has 0 aromatic rings. The SMILES string of the molecule is COC1[C@@H](O)C(O)[C@H](O)CC1(O)C(=O)O. The summed E-state index contributed by atoms with van der Waals surface area (Å²) in [5.74, 6) is -1.61. The Morgan fingerprint density at radius 1 is 1.33 bits per heavy atom. The number of hydrogen-bond donors (Lipinski definition) is 5. The average Bonchev–Trinajstić information content (AvgIpc) is 2.15. The molecule has 15 heavy (non-hydrogen) atoms. The number of rotatable bonds is 2. The zero-order valence-corrected chi connectivity index (χ0v) is 8.07. The second kappa shape index (κ2) is 4.03. The molecule has 1 aliphatic rings. The summed E-state index contributed by atoms with van der Waals surface area (Å²) in [6, 6.07) is 0. The second-order valence-electron chi connectivity index (χ2n) is 3.64. The normalized spacial score (nSPS) is 46.5. The molecule has 0 aromatic carbocycles. The molecule has 0 amide bonds. The van der Waals surface area contributed by atoms with E-state index < -0.39 is 42.4 Å². The lowest BCUT2D eigenvalue weighted by atomic mass is 9.77. The highest BCUT2D eigenvalue weighted by atomic mass is 16.5. The van der Waals surface area contributed by atoms with Crippen molar-refractivity contribution in [1.82, 2.24) is 0 Å². The number of carboxylic acids is 1. The monoisotopic (exact) mass is 222 g/mol. The maximum Gasteiger partial charge on any atom is 0.338 e. The van der Waals surface area contributed by atoms with Crippen LogP contribution in [0.2, 0.25) is 0 Å². The lowest BCUT2D eigenvalue weighted by Gasteiger charge is -2.43.